The van der Waals surface area contributed by atoms with E-state index < -0.39 is 15.9 Å². The van der Waals surface area contributed by atoms with Crippen LogP contribution in [-0.4, -0.2) is 26.6 Å². The fourth-order valence-electron chi connectivity index (χ4n) is 3.55. The smallest absolute Gasteiger partial charge is 0.269 e. The number of aryl methyl sites for hydroxylation is 3. The van der Waals surface area contributed by atoms with E-state index in [9.17, 15) is 13.2 Å². The standard InChI is InChI=1S/C18H22N2O5S/c1-11-18(12(2)25-19-11)26(22,23)20-17(21)10-14-6-4-5-13-9-15(24-3)7-8-16(13)14/h7-9,14H,4-6,10H2,1-3H3,(H,20,21). The summed E-state index contributed by atoms with van der Waals surface area (Å²) in [6, 6.07) is 5.82. The molecule has 1 unspecified atom stereocenters. The number of nitrogens with zero attached hydrogens (tertiary/aromatic N) is 1. The number of hydrogen-bond acceptors (Lipinski definition) is 6. The van der Waals surface area contributed by atoms with Gasteiger partial charge in [-0.2, -0.15) is 0 Å². The number of fused-ring (bicyclic) bond motifs is 1. The highest BCUT2D eigenvalue weighted by Gasteiger charge is 2.29. The van der Waals surface area contributed by atoms with Gasteiger partial charge in [0.25, 0.3) is 10.0 Å². The fraction of sp³-hybridized carbons (Fsp3) is 0.444. The topological polar surface area (TPSA) is 98.5 Å². The largest absolute Gasteiger partial charge is 0.497 e. The number of aromatic nitrogens is 1. The van der Waals surface area contributed by atoms with Gasteiger partial charge in [-0.3, -0.25) is 4.79 Å². The zero-order valence-electron chi connectivity index (χ0n) is 15.0. The van der Waals surface area contributed by atoms with Crippen molar-refractivity contribution in [1.82, 2.24) is 9.88 Å². The monoisotopic (exact) mass is 378 g/mol. The number of carbonyl (C=O) groups is 1. The molecule has 0 radical (unpaired) electrons. The molecule has 0 fully saturated rings. The Labute approximate surface area is 152 Å². The number of nitrogens with one attached hydrogen (secondary N) is 1. The van der Waals surface area contributed by atoms with Crippen molar-refractivity contribution < 1.29 is 22.5 Å². The summed E-state index contributed by atoms with van der Waals surface area (Å²) in [6.45, 7) is 3.03. The maximum Gasteiger partial charge on any atom is 0.269 e. The normalized spacial score (nSPS) is 16.8. The highest BCUT2D eigenvalue weighted by atomic mass is 32.2. The first-order chi connectivity index (χ1) is 12.3. The zero-order valence-corrected chi connectivity index (χ0v) is 15.9. The van der Waals surface area contributed by atoms with E-state index in [4.69, 9.17) is 9.26 Å². The molecule has 1 atom stereocenters. The summed E-state index contributed by atoms with van der Waals surface area (Å²) in [7, 11) is -2.37. The second-order valence-electron chi connectivity index (χ2n) is 6.54. The van der Waals surface area contributed by atoms with Gasteiger partial charge in [0.05, 0.1) is 7.11 Å². The lowest BCUT2D eigenvalue weighted by atomic mass is 9.81. The summed E-state index contributed by atoms with van der Waals surface area (Å²) in [5.74, 6) is 0.413. The van der Waals surface area contributed by atoms with Crippen LogP contribution in [0, 0.1) is 13.8 Å². The van der Waals surface area contributed by atoms with Crippen LogP contribution in [0.25, 0.3) is 0 Å². The van der Waals surface area contributed by atoms with Crippen molar-refractivity contribution in [2.75, 3.05) is 7.11 Å². The Kier molecular flexibility index (Phi) is 5.04. The van der Waals surface area contributed by atoms with Crippen molar-refractivity contribution in [3.63, 3.8) is 0 Å². The van der Waals surface area contributed by atoms with Crippen LogP contribution in [0.5, 0.6) is 5.75 Å². The highest BCUT2D eigenvalue weighted by molar-refractivity contribution is 7.90. The zero-order chi connectivity index (χ0) is 18.9. The van der Waals surface area contributed by atoms with Crippen LogP contribution in [0.2, 0.25) is 0 Å². The number of carbonyl (C=O) groups excluding carboxylic acids is 1. The molecule has 1 aromatic carbocycles. The van der Waals surface area contributed by atoms with Gasteiger partial charge in [0, 0.05) is 6.42 Å². The first-order valence-corrected chi connectivity index (χ1v) is 9.95. The molecule has 7 nitrogen and oxygen atoms in total. The lowest BCUT2D eigenvalue weighted by molar-refractivity contribution is -0.119. The Hall–Kier alpha value is -2.35. The van der Waals surface area contributed by atoms with Crippen molar-refractivity contribution in [2.24, 2.45) is 0 Å². The predicted molar refractivity (Wildman–Crippen MR) is 94.6 cm³/mol. The molecule has 1 amide bonds. The second kappa shape index (κ2) is 7.11. The number of methoxy groups -OCH3 is 1. The molecule has 1 aliphatic rings. The summed E-state index contributed by atoms with van der Waals surface area (Å²) in [5.41, 5.74) is 2.47. The van der Waals surface area contributed by atoms with Crippen LogP contribution in [0.1, 0.15) is 47.8 Å². The van der Waals surface area contributed by atoms with Gasteiger partial charge in [-0.15, -0.1) is 0 Å². The van der Waals surface area contributed by atoms with Crippen molar-refractivity contribution >= 4 is 15.9 Å². The van der Waals surface area contributed by atoms with Gasteiger partial charge < -0.3 is 9.26 Å². The summed E-state index contributed by atoms with van der Waals surface area (Å²) in [5, 5.41) is 3.63. The van der Waals surface area contributed by atoms with Gasteiger partial charge in [0.1, 0.15) is 11.4 Å². The van der Waals surface area contributed by atoms with Gasteiger partial charge in [0.2, 0.25) is 5.91 Å². The van der Waals surface area contributed by atoms with E-state index in [0.29, 0.717) is 0 Å². The van der Waals surface area contributed by atoms with E-state index in [2.05, 4.69) is 9.88 Å². The van der Waals surface area contributed by atoms with E-state index in [1.54, 1.807) is 7.11 Å². The van der Waals surface area contributed by atoms with E-state index >= 15 is 0 Å². The molecule has 26 heavy (non-hydrogen) atoms. The average Bonchev–Trinajstić information content (AvgIpc) is 2.93. The summed E-state index contributed by atoms with van der Waals surface area (Å²) in [6.07, 6.45) is 2.84. The molecule has 140 valence electrons. The number of rotatable bonds is 5. The average molecular weight is 378 g/mol. The predicted octanol–water partition coefficient (Wildman–Crippen LogP) is 2.62. The Bertz CT molecular complexity index is 914. The third kappa shape index (κ3) is 3.60. The minimum absolute atomic E-state index is 0.00970. The molecule has 1 N–H and O–H groups in total. The van der Waals surface area contributed by atoms with Crippen LogP contribution in [0.4, 0.5) is 0 Å². The quantitative estimate of drug-likeness (QED) is 0.859. The molecule has 0 bridgehead atoms. The maximum atomic E-state index is 12.5. The van der Waals surface area contributed by atoms with Gasteiger partial charge in [-0.25, -0.2) is 13.1 Å². The fourth-order valence-corrected chi connectivity index (χ4v) is 4.88. The Balaban J connectivity index is 1.76. The lowest BCUT2D eigenvalue weighted by Gasteiger charge is -2.25. The molecule has 1 aromatic heterocycles. The van der Waals surface area contributed by atoms with Crippen molar-refractivity contribution in [3.05, 3.63) is 40.8 Å². The molecular weight excluding hydrogens is 356 g/mol. The molecular formula is C18H22N2O5S. The van der Waals surface area contributed by atoms with E-state index in [1.165, 1.54) is 13.8 Å². The molecule has 1 heterocycles. The van der Waals surface area contributed by atoms with E-state index in [-0.39, 0.29) is 28.7 Å². The first-order valence-electron chi connectivity index (χ1n) is 8.47. The van der Waals surface area contributed by atoms with E-state index in [1.807, 2.05) is 18.2 Å². The second-order valence-corrected chi connectivity index (χ2v) is 8.16. The summed E-state index contributed by atoms with van der Waals surface area (Å²) < 4.78 is 37.2. The summed E-state index contributed by atoms with van der Waals surface area (Å²) in [4.78, 5) is 12.3. The van der Waals surface area contributed by atoms with Crippen LogP contribution >= 0.6 is 0 Å². The molecule has 1 aliphatic carbocycles. The van der Waals surface area contributed by atoms with Gasteiger partial charge in [-0.05, 0) is 62.3 Å². The molecule has 2 aromatic rings. The molecule has 8 heteroatoms. The van der Waals surface area contributed by atoms with Crippen molar-refractivity contribution in [3.8, 4) is 5.75 Å². The Morgan fingerprint density at radius 2 is 2.15 bits per heavy atom. The lowest BCUT2D eigenvalue weighted by Crippen LogP contribution is -2.32. The molecule has 3 rings (SSSR count). The molecule has 0 spiro atoms. The maximum absolute atomic E-state index is 12.5. The van der Waals surface area contributed by atoms with Crippen molar-refractivity contribution in [1.29, 1.82) is 0 Å². The van der Waals surface area contributed by atoms with Crippen LogP contribution in [0.15, 0.2) is 27.6 Å². The Morgan fingerprint density at radius 1 is 1.38 bits per heavy atom. The number of sulfonamides is 1. The van der Waals surface area contributed by atoms with Crippen LogP contribution in [0.3, 0.4) is 0 Å². The highest BCUT2D eigenvalue weighted by Crippen LogP contribution is 2.35. The number of hydrogen-bond donors (Lipinski definition) is 1. The molecule has 0 saturated carbocycles. The van der Waals surface area contributed by atoms with Crippen LogP contribution in [-0.2, 0) is 21.2 Å². The van der Waals surface area contributed by atoms with Crippen molar-refractivity contribution in [2.45, 2.75) is 50.3 Å². The Morgan fingerprint density at radius 3 is 2.81 bits per heavy atom. The van der Waals surface area contributed by atoms with E-state index in [0.717, 1.165) is 36.1 Å². The third-order valence-electron chi connectivity index (χ3n) is 4.71. The van der Waals surface area contributed by atoms with Gasteiger partial charge >= 0.3 is 0 Å². The number of ether oxygens (including phenoxy) is 1. The van der Waals surface area contributed by atoms with Gasteiger partial charge in [-0.1, -0.05) is 11.2 Å². The third-order valence-corrected chi connectivity index (χ3v) is 6.32. The minimum atomic E-state index is -3.99. The number of benzene rings is 1. The molecule has 0 aliphatic heterocycles. The first kappa shape index (κ1) is 18.4. The summed E-state index contributed by atoms with van der Waals surface area (Å²) >= 11 is 0. The minimum Gasteiger partial charge on any atom is -0.497 e. The molecule has 0 saturated heterocycles. The van der Waals surface area contributed by atoms with Crippen LogP contribution < -0.4 is 9.46 Å². The SMILES string of the molecule is COc1ccc2c(c1)CCCC2CC(=O)NS(=O)(=O)c1c(C)noc1C. The van der Waals surface area contributed by atoms with Gasteiger partial charge in [0.15, 0.2) is 10.7 Å². The number of amides is 1.